The molecule has 0 amide bonds. The molecule has 4 aromatic rings. The lowest BCUT2D eigenvalue weighted by Crippen LogP contribution is -2.27. The van der Waals surface area contributed by atoms with Crippen LogP contribution in [-0.4, -0.2) is 55.0 Å². The number of oxime groups is 1. The second-order valence-corrected chi connectivity index (χ2v) is 10.6. The highest BCUT2D eigenvalue weighted by molar-refractivity contribution is 6.30. The number of allylic oxidation sites excluding steroid dienone is 1. The first-order valence-corrected chi connectivity index (χ1v) is 14.3. The molecule has 0 aliphatic heterocycles. The first-order valence-electron chi connectivity index (χ1n) is 13.9. The van der Waals surface area contributed by atoms with Crippen LogP contribution in [0.5, 0.6) is 5.75 Å². The summed E-state index contributed by atoms with van der Waals surface area (Å²) >= 11 is 5.98. The Morgan fingerprint density at radius 1 is 0.953 bits per heavy atom. The summed E-state index contributed by atoms with van der Waals surface area (Å²) in [4.78, 5) is 19.3. The second-order valence-electron chi connectivity index (χ2n) is 10.2. The molecule has 8 heteroatoms. The highest BCUT2D eigenvalue weighted by Crippen LogP contribution is 2.23. The van der Waals surface area contributed by atoms with Gasteiger partial charge in [0, 0.05) is 17.1 Å². The molecule has 0 aromatic heterocycles. The summed E-state index contributed by atoms with van der Waals surface area (Å²) in [5.41, 5.74) is 4.62. The van der Waals surface area contributed by atoms with Crippen molar-refractivity contribution < 1.29 is 23.9 Å². The van der Waals surface area contributed by atoms with E-state index in [4.69, 9.17) is 21.2 Å². The summed E-state index contributed by atoms with van der Waals surface area (Å²) in [6.45, 7) is 1.04. The average molecular weight is 601 g/mol. The van der Waals surface area contributed by atoms with Crippen LogP contribution in [0.4, 0.5) is 4.39 Å². The van der Waals surface area contributed by atoms with Gasteiger partial charge in [0.2, 0.25) is 0 Å². The fraction of sp³-hybridized carbons (Fsp3) is 0.200. The van der Waals surface area contributed by atoms with Gasteiger partial charge in [-0.05, 0) is 91.7 Å². The van der Waals surface area contributed by atoms with Gasteiger partial charge in [0.15, 0.2) is 6.10 Å². The maximum absolute atomic E-state index is 14.5. The van der Waals surface area contributed by atoms with Gasteiger partial charge in [-0.2, -0.15) is 0 Å². The molecule has 1 unspecified atom stereocenters. The van der Waals surface area contributed by atoms with Crippen LogP contribution in [0.3, 0.4) is 0 Å². The van der Waals surface area contributed by atoms with Gasteiger partial charge < -0.3 is 19.6 Å². The molecule has 0 fully saturated rings. The first-order chi connectivity index (χ1) is 20.8. The minimum Gasteiger partial charge on any atom is -0.479 e. The Labute approximate surface area is 256 Å². The first kappa shape index (κ1) is 31.5. The number of halogens is 2. The van der Waals surface area contributed by atoms with Gasteiger partial charge in [0.05, 0.1) is 0 Å². The molecule has 222 valence electrons. The van der Waals surface area contributed by atoms with Crippen LogP contribution in [0.15, 0.2) is 108 Å². The number of ether oxygens (including phenoxy) is 1. The normalized spacial score (nSPS) is 12.4. The van der Waals surface area contributed by atoms with E-state index in [0.717, 1.165) is 22.3 Å². The SMILES string of the molecule is CN(C)CCO/N=C(/C=C/c1ccc(OC(CCc2ccc(-c3ccc(Cl)cc3)cc2)C(=O)O)cc1)c1ccccc1F. The predicted octanol–water partition coefficient (Wildman–Crippen LogP) is 7.61. The van der Waals surface area contributed by atoms with E-state index in [9.17, 15) is 14.3 Å². The Morgan fingerprint density at radius 2 is 1.60 bits per heavy atom. The van der Waals surface area contributed by atoms with Crippen LogP contribution >= 0.6 is 11.6 Å². The number of nitrogens with zero attached hydrogens (tertiary/aromatic N) is 2. The van der Waals surface area contributed by atoms with Crippen molar-refractivity contribution in [2.75, 3.05) is 27.2 Å². The maximum atomic E-state index is 14.5. The number of aliphatic carboxylic acids is 1. The number of carboxylic acid groups (broad SMARTS) is 1. The van der Waals surface area contributed by atoms with Crippen LogP contribution in [0.2, 0.25) is 5.02 Å². The Kier molecular flexibility index (Phi) is 11.5. The molecule has 6 nitrogen and oxygen atoms in total. The van der Waals surface area contributed by atoms with Crippen molar-refractivity contribution in [3.05, 3.63) is 131 Å². The fourth-order valence-electron chi connectivity index (χ4n) is 4.21. The van der Waals surface area contributed by atoms with Crippen LogP contribution in [0.1, 0.15) is 23.1 Å². The molecule has 0 spiro atoms. The average Bonchev–Trinajstić information content (AvgIpc) is 3.00. The highest BCUT2D eigenvalue weighted by atomic mass is 35.5. The molecule has 0 aliphatic rings. The fourth-order valence-corrected chi connectivity index (χ4v) is 4.34. The molecule has 0 saturated heterocycles. The molecule has 0 aliphatic carbocycles. The number of likely N-dealkylation sites (N-methyl/N-ethyl adjacent to an activating group) is 1. The molecular formula is C35H34ClFN2O4. The van der Waals surface area contributed by atoms with Crippen LogP contribution in [0, 0.1) is 5.82 Å². The Balaban J connectivity index is 1.37. The Morgan fingerprint density at radius 3 is 2.23 bits per heavy atom. The molecule has 1 N–H and O–H groups in total. The predicted molar refractivity (Wildman–Crippen MR) is 170 cm³/mol. The van der Waals surface area contributed by atoms with E-state index in [1.807, 2.05) is 67.5 Å². The van der Waals surface area contributed by atoms with Gasteiger partial charge >= 0.3 is 5.97 Å². The molecule has 43 heavy (non-hydrogen) atoms. The number of hydrogen-bond acceptors (Lipinski definition) is 5. The van der Waals surface area contributed by atoms with E-state index < -0.39 is 17.9 Å². The smallest absolute Gasteiger partial charge is 0.344 e. The molecule has 0 bridgehead atoms. The van der Waals surface area contributed by atoms with E-state index in [1.165, 1.54) is 6.07 Å². The zero-order chi connectivity index (χ0) is 30.6. The van der Waals surface area contributed by atoms with Crippen molar-refractivity contribution in [1.82, 2.24) is 4.90 Å². The summed E-state index contributed by atoms with van der Waals surface area (Å²) in [6.07, 6.45) is 3.33. The van der Waals surface area contributed by atoms with Crippen LogP contribution < -0.4 is 4.74 Å². The van der Waals surface area contributed by atoms with Gasteiger partial charge in [0.1, 0.15) is 23.9 Å². The van der Waals surface area contributed by atoms with Crippen molar-refractivity contribution in [3.63, 3.8) is 0 Å². The third kappa shape index (κ3) is 9.81. The van der Waals surface area contributed by atoms with E-state index in [2.05, 4.69) is 5.16 Å². The monoisotopic (exact) mass is 600 g/mol. The highest BCUT2D eigenvalue weighted by Gasteiger charge is 2.19. The third-order valence-electron chi connectivity index (χ3n) is 6.64. The summed E-state index contributed by atoms with van der Waals surface area (Å²) in [7, 11) is 3.86. The van der Waals surface area contributed by atoms with Crippen LogP contribution in [-0.2, 0) is 16.1 Å². The minimum atomic E-state index is -1.03. The number of carbonyl (C=O) groups is 1. The molecule has 4 aromatic carbocycles. The van der Waals surface area contributed by atoms with E-state index in [-0.39, 0.29) is 0 Å². The van der Waals surface area contributed by atoms with Gasteiger partial charge in [-0.3, -0.25) is 0 Å². The number of carboxylic acids is 1. The molecule has 0 radical (unpaired) electrons. The largest absolute Gasteiger partial charge is 0.479 e. The molecule has 0 saturated carbocycles. The summed E-state index contributed by atoms with van der Waals surface area (Å²) in [5, 5.41) is 14.6. The zero-order valence-corrected chi connectivity index (χ0v) is 24.9. The molecule has 4 rings (SSSR count). The Bertz CT molecular complexity index is 1540. The topological polar surface area (TPSA) is 71.4 Å². The van der Waals surface area contributed by atoms with Crippen LogP contribution in [0.25, 0.3) is 17.2 Å². The van der Waals surface area contributed by atoms with Gasteiger partial charge in [-0.25, -0.2) is 9.18 Å². The van der Waals surface area contributed by atoms with E-state index in [0.29, 0.717) is 48.0 Å². The molecule has 0 heterocycles. The molecular weight excluding hydrogens is 567 g/mol. The van der Waals surface area contributed by atoms with Gasteiger partial charge in [0.25, 0.3) is 0 Å². The Hall–Kier alpha value is -4.46. The summed E-state index contributed by atoms with van der Waals surface area (Å²) in [5.74, 6) is -0.984. The van der Waals surface area contributed by atoms with Crippen molar-refractivity contribution in [2.45, 2.75) is 18.9 Å². The van der Waals surface area contributed by atoms with Gasteiger partial charge in [-0.15, -0.1) is 0 Å². The lowest BCUT2D eigenvalue weighted by atomic mass is 10.0. The molecule has 1 atom stereocenters. The van der Waals surface area contributed by atoms with Crippen molar-refractivity contribution in [3.8, 4) is 16.9 Å². The number of benzene rings is 4. The van der Waals surface area contributed by atoms with Crippen molar-refractivity contribution in [2.24, 2.45) is 5.16 Å². The van der Waals surface area contributed by atoms with Gasteiger partial charge in [-0.1, -0.05) is 83.5 Å². The van der Waals surface area contributed by atoms with Crippen molar-refractivity contribution >= 4 is 29.4 Å². The minimum absolute atomic E-state index is 0.313. The van der Waals surface area contributed by atoms with Crippen molar-refractivity contribution in [1.29, 1.82) is 0 Å². The lowest BCUT2D eigenvalue weighted by molar-refractivity contribution is -0.145. The number of hydrogen-bond donors (Lipinski definition) is 1. The zero-order valence-electron chi connectivity index (χ0n) is 24.1. The standard InChI is InChI=1S/C35H34ClFN2O4/c1-39(2)23-24-42-38-33(31-5-3-4-6-32(31)37)21-11-26-9-19-30(20-10-26)43-34(35(40)41)22-12-25-7-13-27(14-8-25)28-15-17-29(36)18-16-28/h3-11,13-21,34H,12,22-24H2,1-2H3,(H,40,41)/b21-11+,38-33-. The van der Waals surface area contributed by atoms with E-state index in [1.54, 1.807) is 54.6 Å². The summed E-state index contributed by atoms with van der Waals surface area (Å²) in [6, 6.07) is 29.0. The lowest BCUT2D eigenvalue weighted by Gasteiger charge is -2.15. The number of aryl methyl sites for hydroxylation is 1. The maximum Gasteiger partial charge on any atom is 0.344 e. The quantitative estimate of drug-likeness (QED) is 0.0916. The third-order valence-corrected chi connectivity index (χ3v) is 6.89. The summed E-state index contributed by atoms with van der Waals surface area (Å²) < 4.78 is 20.3. The second kappa shape index (κ2) is 15.7. The number of rotatable bonds is 14. The van der Waals surface area contributed by atoms with E-state index >= 15 is 0 Å².